The lowest BCUT2D eigenvalue weighted by atomic mass is 10.00. The van der Waals surface area contributed by atoms with Crippen LogP contribution in [0.15, 0.2) is 47.1 Å². The van der Waals surface area contributed by atoms with Crippen molar-refractivity contribution >= 4 is 22.6 Å². The summed E-state index contributed by atoms with van der Waals surface area (Å²) < 4.78 is 5.75. The molecular formula is C21H21NO2. The molecule has 0 radical (unpaired) electrons. The molecular weight excluding hydrogens is 298 g/mol. The number of rotatable bonds is 2. The van der Waals surface area contributed by atoms with Crippen molar-refractivity contribution in [3.05, 3.63) is 64.9 Å². The van der Waals surface area contributed by atoms with Crippen molar-refractivity contribution in [2.45, 2.75) is 33.1 Å². The summed E-state index contributed by atoms with van der Waals surface area (Å²) in [4.78, 5) is 14.8. The van der Waals surface area contributed by atoms with Crippen LogP contribution >= 0.6 is 0 Å². The molecule has 0 saturated carbocycles. The van der Waals surface area contributed by atoms with Crippen molar-refractivity contribution in [1.29, 1.82) is 0 Å². The highest BCUT2D eigenvalue weighted by Gasteiger charge is 2.23. The second kappa shape index (κ2) is 5.82. The Morgan fingerprint density at radius 1 is 1.17 bits per heavy atom. The highest BCUT2D eigenvalue weighted by Crippen LogP contribution is 2.30. The van der Waals surface area contributed by atoms with E-state index in [1.54, 1.807) is 6.26 Å². The first-order valence-electron chi connectivity index (χ1n) is 8.49. The average Bonchev–Trinajstić information content (AvgIpc) is 3.01. The first kappa shape index (κ1) is 15.0. The molecule has 122 valence electrons. The molecule has 0 fully saturated rings. The Kier molecular flexibility index (Phi) is 3.64. The number of para-hydroxylation sites is 1. The van der Waals surface area contributed by atoms with Gasteiger partial charge in [0.2, 0.25) is 5.91 Å². The quantitative estimate of drug-likeness (QED) is 0.693. The zero-order valence-corrected chi connectivity index (χ0v) is 14.1. The molecule has 0 spiro atoms. The summed E-state index contributed by atoms with van der Waals surface area (Å²) in [7, 11) is 0. The zero-order chi connectivity index (χ0) is 16.7. The Hall–Kier alpha value is -2.55. The van der Waals surface area contributed by atoms with Crippen LogP contribution in [0.3, 0.4) is 0 Å². The molecule has 1 aromatic heterocycles. The number of aryl methyl sites for hydroxylation is 3. The van der Waals surface area contributed by atoms with Gasteiger partial charge in [0.15, 0.2) is 0 Å². The third kappa shape index (κ3) is 2.41. The number of furan rings is 1. The molecule has 1 aliphatic rings. The predicted octanol–water partition coefficient (Wildman–Crippen LogP) is 4.57. The number of fused-ring (bicyclic) bond motifs is 2. The summed E-state index contributed by atoms with van der Waals surface area (Å²) in [6, 6.07) is 12.4. The number of carbonyl (C=O) groups excluding carboxylic acids is 1. The van der Waals surface area contributed by atoms with Crippen molar-refractivity contribution in [1.82, 2.24) is 0 Å². The fourth-order valence-corrected chi connectivity index (χ4v) is 3.58. The highest BCUT2D eigenvalue weighted by atomic mass is 16.3. The largest absolute Gasteiger partial charge is 0.464 e. The molecule has 2 aromatic carbocycles. The fourth-order valence-electron chi connectivity index (χ4n) is 3.58. The summed E-state index contributed by atoms with van der Waals surface area (Å²) in [6.07, 6.45) is 4.19. The number of nitrogens with zero attached hydrogens (tertiary/aromatic N) is 1. The van der Waals surface area contributed by atoms with E-state index in [0.29, 0.717) is 6.42 Å². The van der Waals surface area contributed by atoms with E-state index in [1.165, 1.54) is 11.1 Å². The molecule has 3 nitrogen and oxygen atoms in total. The maximum absolute atomic E-state index is 12.9. The lowest BCUT2D eigenvalue weighted by Gasteiger charge is -2.29. The van der Waals surface area contributed by atoms with Crippen LogP contribution in [0.1, 0.15) is 28.7 Å². The molecule has 2 heterocycles. The number of anilines is 1. The van der Waals surface area contributed by atoms with Crippen LogP contribution in [0.25, 0.3) is 11.0 Å². The lowest BCUT2D eigenvalue weighted by Crippen LogP contribution is -2.36. The molecule has 0 atom stereocenters. The van der Waals surface area contributed by atoms with Crippen molar-refractivity contribution < 1.29 is 9.21 Å². The molecule has 1 aliphatic heterocycles. The number of hydrogen-bond acceptors (Lipinski definition) is 2. The Bertz CT molecular complexity index is 923. The van der Waals surface area contributed by atoms with Crippen LogP contribution in [0.4, 0.5) is 5.69 Å². The van der Waals surface area contributed by atoms with E-state index in [4.69, 9.17) is 4.42 Å². The van der Waals surface area contributed by atoms with Crippen LogP contribution < -0.4 is 4.90 Å². The smallest absolute Gasteiger partial charge is 0.231 e. The maximum Gasteiger partial charge on any atom is 0.231 e. The van der Waals surface area contributed by atoms with Gasteiger partial charge < -0.3 is 9.32 Å². The average molecular weight is 319 g/mol. The minimum Gasteiger partial charge on any atom is -0.464 e. The molecule has 3 heteroatoms. The summed E-state index contributed by atoms with van der Waals surface area (Å²) in [5.41, 5.74) is 6.56. The SMILES string of the molecule is Cc1ccc2c(CC(=O)N3CCCc4ccccc43)coc2c1C. The van der Waals surface area contributed by atoms with Gasteiger partial charge in [-0.2, -0.15) is 0 Å². The van der Waals surface area contributed by atoms with E-state index in [9.17, 15) is 4.79 Å². The standard InChI is InChI=1S/C21H21NO2/c1-14-9-10-18-17(13-24-21(18)15(14)2)12-20(23)22-11-5-7-16-6-3-4-8-19(16)22/h3-4,6,8-10,13H,5,7,11-12H2,1-2H3. The van der Waals surface area contributed by atoms with Crippen molar-refractivity contribution in [2.24, 2.45) is 0 Å². The first-order chi connectivity index (χ1) is 11.6. The first-order valence-corrected chi connectivity index (χ1v) is 8.49. The van der Waals surface area contributed by atoms with Crippen LogP contribution in [-0.2, 0) is 17.6 Å². The molecule has 4 rings (SSSR count). The third-order valence-electron chi connectivity index (χ3n) is 5.09. The number of benzene rings is 2. The maximum atomic E-state index is 12.9. The van der Waals surface area contributed by atoms with Gasteiger partial charge in [-0.3, -0.25) is 4.79 Å². The van der Waals surface area contributed by atoms with Gasteiger partial charge in [-0.05, 0) is 49.4 Å². The number of amides is 1. The summed E-state index contributed by atoms with van der Waals surface area (Å²) in [5.74, 6) is 0.142. The Morgan fingerprint density at radius 2 is 2.00 bits per heavy atom. The molecule has 0 aliphatic carbocycles. The van der Waals surface area contributed by atoms with E-state index in [0.717, 1.165) is 47.2 Å². The Labute approximate surface area is 141 Å². The molecule has 0 saturated heterocycles. The van der Waals surface area contributed by atoms with Gasteiger partial charge in [-0.15, -0.1) is 0 Å². The summed E-state index contributed by atoms with van der Waals surface area (Å²) in [6.45, 7) is 4.93. The minimum atomic E-state index is 0.142. The van der Waals surface area contributed by atoms with Gasteiger partial charge in [0, 0.05) is 23.2 Å². The van der Waals surface area contributed by atoms with Gasteiger partial charge in [-0.25, -0.2) is 0 Å². The second-order valence-electron chi connectivity index (χ2n) is 6.60. The lowest BCUT2D eigenvalue weighted by molar-refractivity contribution is -0.118. The van der Waals surface area contributed by atoms with E-state index in [2.05, 4.69) is 32.0 Å². The van der Waals surface area contributed by atoms with Gasteiger partial charge in [0.1, 0.15) is 5.58 Å². The van der Waals surface area contributed by atoms with Crippen LogP contribution in [0.2, 0.25) is 0 Å². The fraction of sp³-hybridized carbons (Fsp3) is 0.286. The normalized spacial score (nSPS) is 14.0. The van der Waals surface area contributed by atoms with Gasteiger partial charge in [0.25, 0.3) is 0 Å². The summed E-state index contributed by atoms with van der Waals surface area (Å²) >= 11 is 0. The molecule has 1 amide bonds. The monoisotopic (exact) mass is 319 g/mol. The highest BCUT2D eigenvalue weighted by molar-refractivity contribution is 5.98. The molecule has 0 bridgehead atoms. The van der Waals surface area contributed by atoms with E-state index < -0.39 is 0 Å². The molecule has 0 unspecified atom stereocenters. The molecule has 24 heavy (non-hydrogen) atoms. The molecule has 0 N–H and O–H groups in total. The van der Waals surface area contributed by atoms with Crippen LogP contribution in [0.5, 0.6) is 0 Å². The van der Waals surface area contributed by atoms with Crippen molar-refractivity contribution in [3.8, 4) is 0 Å². The predicted molar refractivity (Wildman–Crippen MR) is 96.5 cm³/mol. The van der Waals surface area contributed by atoms with Crippen molar-refractivity contribution in [2.75, 3.05) is 11.4 Å². The van der Waals surface area contributed by atoms with Gasteiger partial charge in [0.05, 0.1) is 12.7 Å². The number of carbonyl (C=O) groups is 1. The van der Waals surface area contributed by atoms with Crippen molar-refractivity contribution in [3.63, 3.8) is 0 Å². The van der Waals surface area contributed by atoms with Crippen LogP contribution in [-0.4, -0.2) is 12.5 Å². The topological polar surface area (TPSA) is 33.5 Å². The Balaban J connectivity index is 1.65. The van der Waals surface area contributed by atoms with Gasteiger partial charge in [-0.1, -0.05) is 30.3 Å². The van der Waals surface area contributed by atoms with E-state index in [1.807, 2.05) is 23.1 Å². The molecule has 3 aromatic rings. The van der Waals surface area contributed by atoms with E-state index in [-0.39, 0.29) is 5.91 Å². The third-order valence-corrected chi connectivity index (χ3v) is 5.09. The minimum absolute atomic E-state index is 0.142. The zero-order valence-electron chi connectivity index (χ0n) is 14.1. The second-order valence-corrected chi connectivity index (χ2v) is 6.60. The van der Waals surface area contributed by atoms with Crippen LogP contribution in [0, 0.1) is 13.8 Å². The number of hydrogen-bond donors (Lipinski definition) is 0. The van der Waals surface area contributed by atoms with Gasteiger partial charge >= 0.3 is 0 Å². The summed E-state index contributed by atoms with van der Waals surface area (Å²) in [5, 5.41) is 1.05. The van der Waals surface area contributed by atoms with E-state index >= 15 is 0 Å². The Morgan fingerprint density at radius 3 is 2.88 bits per heavy atom.